The zero-order chi connectivity index (χ0) is 14.8. The quantitative estimate of drug-likeness (QED) is 0.821. The van der Waals surface area contributed by atoms with Crippen LogP contribution in [0.5, 0.6) is 0 Å². The third-order valence-electron chi connectivity index (χ3n) is 4.63. The average molecular weight is 284 g/mol. The van der Waals surface area contributed by atoms with Gasteiger partial charge in [-0.2, -0.15) is 0 Å². The van der Waals surface area contributed by atoms with E-state index in [1.54, 1.807) is 0 Å². The zero-order valence-electron chi connectivity index (χ0n) is 12.3. The summed E-state index contributed by atoms with van der Waals surface area (Å²) in [7, 11) is 0. The number of carboxylic acids is 1. The number of nitrogens with one attached hydrogen (secondary N) is 1. The minimum atomic E-state index is -1.04. The first-order chi connectivity index (χ1) is 9.43. The lowest BCUT2D eigenvalue weighted by Crippen LogP contribution is -2.57. The summed E-state index contributed by atoms with van der Waals surface area (Å²) in [6.45, 7) is 5.46. The van der Waals surface area contributed by atoms with E-state index in [4.69, 9.17) is 4.74 Å². The van der Waals surface area contributed by atoms with Crippen molar-refractivity contribution >= 4 is 12.0 Å². The number of carboxylic acid groups (broad SMARTS) is 1. The number of amides is 2. The lowest BCUT2D eigenvalue weighted by atomic mass is 9.93. The Morgan fingerprint density at radius 1 is 1.35 bits per heavy atom. The molecule has 0 aromatic rings. The van der Waals surface area contributed by atoms with Gasteiger partial charge in [0.2, 0.25) is 0 Å². The van der Waals surface area contributed by atoms with Crippen LogP contribution in [0.15, 0.2) is 0 Å². The SMILES string of the molecule is CCC1(C(=O)O)CCCN1C(=O)NCC1(C)CCCO1. The second-order valence-electron chi connectivity index (χ2n) is 6.01. The second-order valence-corrected chi connectivity index (χ2v) is 6.01. The van der Waals surface area contributed by atoms with Crippen molar-refractivity contribution in [3.8, 4) is 0 Å². The molecule has 2 heterocycles. The Balaban J connectivity index is 1.99. The summed E-state index contributed by atoms with van der Waals surface area (Å²) in [6, 6.07) is -0.288. The van der Waals surface area contributed by atoms with Crippen molar-refractivity contribution in [2.24, 2.45) is 0 Å². The number of rotatable bonds is 4. The van der Waals surface area contributed by atoms with E-state index in [0.717, 1.165) is 25.9 Å². The fourth-order valence-electron chi connectivity index (χ4n) is 3.25. The Labute approximate surface area is 119 Å². The Bertz CT molecular complexity index is 393. The van der Waals surface area contributed by atoms with Gasteiger partial charge in [-0.05, 0) is 39.0 Å². The molecule has 6 nitrogen and oxygen atoms in total. The lowest BCUT2D eigenvalue weighted by Gasteiger charge is -2.34. The summed E-state index contributed by atoms with van der Waals surface area (Å²) in [5, 5.41) is 12.3. The molecule has 0 aliphatic carbocycles. The van der Waals surface area contributed by atoms with Gasteiger partial charge in [0.25, 0.3) is 0 Å². The van der Waals surface area contributed by atoms with Crippen molar-refractivity contribution in [1.82, 2.24) is 10.2 Å². The highest BCUT2D eigenvalue weighted by molar-refractivity contribution is 5.87. The molecule has 2 fully saturated rings. The summed E-state index contributed by atoms with van der Waals surface area (Å²) < 4.78 is 5.63. The van der Waals surface area contributed by atoms with Crippen LogP contribution >= 0.6 is 0 Å². The molecular formula is C14H24N2O4. The van der Waals surface area contributed by atoms with E-state index in [1.807, 2.05) is 13.8 Å². The number of likely N-dealkylation sites (tertiary alicyclic amines) is 1. The summed E-state index contributed by atoms with van der Waals surface area (Å²) in [5.74, 6) is -0.907. The highest BCUT2D eigenvalue weighted by atomic mass is 16.5. The van der Waals surface area contributed by atoms with E-state index in [1.165, 1.54) is 4.90 Å². The summed E-state index contributed by atoms with van der Waals surface area (Å²) >= 11 is 0. The molecule has 0 radical (unpaired) electrons. The Morgan fingerprint density at radius 2 is 2.10 bits per heavy atom. The number of ether oxygens (including phenoxy) is 1. The number of urea groups is 1. The van der Waals surface area contributed by atoms with Gasteiger partial charge in [0.1, 0.15) is 5.54 Å². The molecule has 2 aliphatic rings. The monoisotopic (exact) mass is 284 g/mol. The third-order valence-corrected chi connectivity index (χ3v) is 4.63. The first-order valence-corrected chi connectivity index (χ1v) is 7.36. The molecule has 2 amide bonds. The molecule has 0 spiro atoms. The molecule has 2 N–H and O–H groups in total. The van der Waals surface area contributed by atoms with Crippen LogP contribution in [0.2, 0.25) is 0 Å². The van der Waals surface area contributed by atoms with E-state index in [2.05, 4.69) is 5.32 Å². The van der Waals surface area contributed by atoms with E-state index >= 15 is 0 Å². The summed E-state index contributed by atoms with van der Waals surface area (Å²) in [4.78, 5) is 25.3. The molecule has 2 atom stereocenters. The van der Waals surface area contributed by atoms with Gasteiger partial charge in [-0.25, -0.2) is 9.59 Å². The Morgan fingerprint density at radius 3 is 2.65 bits per heavy atom. The number of aliphatic carboxylic acids is 1. The smallest absolute Gasteiger partial charge is 0.329 e. The predicted molar refractivity (Wildman–Crippen MR) is 73.6 cm³/mol. The van der Waals surface area contributed by atoms with Gasteiger partial charge in [0.15, 0.2) is 0 Å². The molecule has 0 saturated carbocycles. The van der Waals surface area contributed by atoms with Crippen molar-refractivity contribution < 1.29 is 19.4 Å². The summed E-state index contributed by atoms with van der Waals surface area (Å²) in [5.41, 5.74) is -1.35. The van der Waals surface area contributed by atoms with Crippen LogP contribution in [0.1, 0.15) is 46.0 Å². The first-order valence-electron chi connectivity index (χ1n) is 7.36. The highest BCUT2D eigenvalue weighted by Gasteiger charge is 2.48. The van der Waals surface area contributed by atoms with Crippen LogP contribution in [0.4, 0.5) is 4.79 Å². The van der Waals surface area contributed by atoms with E-state index in [-0.39, 0.29) is 11.6 Å². The summed E-state index contributed by atoms with van der Waals surface area (Å²) in [6.07, 6.45) is 3.63. The van der Waals surface area contributed by atoms with Crippen molar-refractivity contribution in [1.29, 1.82) is 0 Å². The zero-order valence-corrected chi connectivity index (χ0v) is 12.3. The fraction of sp³-hybridized carbons (Fsp3) is 0.857. The molecule has 2 unspecified atom stereocenters. The van der Waals surface area contributed by atoms with E-state index < -0.39 is 11.5 Å². The van der Waals surface area contributed by atoms with Crippen LogP contribution in [0.25, 0.3) is 0 Å². The van der Waals surface area contributed by atoms with Crippen LogP contribution in [-0.4, -0.2) is 52.8 Å². The molecule has 0 aromatic heterocycles. The minimum Gasteiger partial charge on any atom is -0.479 e. The molecular weight excluding hydrogens is 260 g/mol. The number of hydrogen-bond acceptors (Lipinski definition) is 3. The maximum Gasteiger partial charge on any atom is 0.329 e. The Hall–Kier alpha value is -1.30. The predicted octanol–water partition coefficient (Wildman–Crippen LogP) is 1.59. The van der Waals surface area contributed by atoms with Crippen LogP contribution in [0.3, 0.4) is 0 Å². The molecule has 2 saturated heterocycles. The van der Waals surface area contributed by atoms with Gasteiger partial charge in [-0.1, -0.05) is 6.92 Å². The van der Waals surface area contributed by atoms with Crippen LogP contribution in [-0.2, 0) is 9.53 Å². The second kappa shape index (κ2) is 5.60. The molecule has 2 rings (SSSR count). The standard InChI is InChI=1S/C14H24N2O4/c1-3-14(11(17)18)7-4-8-16(14)12(19)15-10-13(2)6-5-9-20-13/h3-10H2,1-2H3,(H,15,19)(H,17,18). The van der Waals surface area contributed by atoms with Gasteiger partial charge < -0.3 is 20.1 Å². The molecule has 0 bridgehead atoms. The van der Waals surface area contributed by atoms with Crippen molar-refractivity contribution in [3.05, 3.63) is 0 Å². The van der Waals surface area contributed by atoms with Gasteiger partial charge >= 0.3 is 12.0 Å². The average Bonchev–Trinajstić information content (AvgIpc) is 3.03. The van der Waals surface area contributed by atoms with Gasteiger partial charge in [-0.15, -0.1) is 0 Å². The van der Waals surface area contributed by atoms with Crippen molar-refractivity contribution in [2.45, 2.75) is 57.1 Å². The first kappa shape index (κ1) is 15.1. The topological polar surface area (TPSA) is 78.9 Å². The van der Waals surface area contributed by atoms with E-state index in [9.17, 15) is 14.7 Å². The molecule has 20 heavy (non-hydrogen) atoms. The fourth-order valence-corrected chi connectivity index (χ4v) is 3.25. The highest BCUT2D eigenvalue weighted by Crippen LogP contribution is 2.33. The third kappa shape index (κ3) is 2.61. The van der Waals surface area contributed by atoms with Gasteiger partial charge in [-0.3, -0.25) is 0 Å². The minimum absolute atomic E-state index is 0.288. The molecule has 114 valence electrons. The molecule has 0 aromatic carbocycles. The van der Waals surface area contributed by atoms with Gasteiger partial charge in [0, 0.05) is 19.7 Å². The van der Waals surface area contributed by atoms with Crippen LogP contribution < -0.4 is 5.32 Å². The number of carbonyl (C=O) groups excluding carboxylic acids is 1. The largest absolute Gasteiger partial charge is 0.479 e. The van der Waals surface area contributed by atoms with Crippen molar-refractivity contribution in [3.63, 3.8) is 0 Å². The maximum atomic E-state index is 12.3. The number of carbonyl (C=O) groups is 2. The van der Waals surface area contributed by atoms with Gasteiger partial charge in [0.05, 0.1) is 5.60 Å². The number of nitrogens with zero attached hydrogens (tertiary/aromatic N) is 1. The van der Waals surface area contributed by atoms with E-state index in [0.29, 0.717) is 25.9 Å². The molecule has 6 heteroatoms. The van der Waals surface area contributed by atoms with Crippen LogP contribution in [0, 0.1) is 0 Å². The maximum absolute atomic E-state index is 12.3. The Kier molecular flexibility index (Phi) is 4.22. The lowest BCUT2D eigenvalue weighted by molar-refractivity contribution is -0.148. The normalized spacial score (nSPS) is 33.4. The van der Waals surface area contributed by atoms with Crippen molar-refractivity contribution in [2.75, 3.05) is 19.7 Å². The molecule has 2 aliphatic heterocycles. The number of hydrogen-bond donors (Lipinski definition) is 2.